The number of nitrogens with one attached hydrogen (secondary N) is 1. The van der Waals surface area contributed by atoms with E-state index in [4.69, 9.17) is 0 Å². The van der Waals surface area contributed by atoms with Gasteiger partial charge in [0, 0.05) is 6.42 Å². The SMILES string of the molecule is CCCCCCCCCC/C=C\CCCCCCCCCC(=O)NC(CO)C(O)/C=C/CC/C=C/CCCCCCCCCC. The van der Waals surface area contributed by atoms with Crippen molar-refractivity contribution >= 4 is 5.91 Å². The van der Waals surface area contributed by atoms with Crippen LogP contribution in [-0.4, -0.2) is 34.9 Å². The van der Waals surface area contributed by atoms with E-state index >= 15 is 0 Å². The normalized spacial score (nSPS) is 13.4. The zero-order valence-electron chi connectivity index (χ0n) is 30.1. The molecule has 0 aliphatic heterocycles. The van der Waals surface area contributed by atoms with Crippen LogP contribution in [0.3, 0.4) is 0 Å². The van der Waals surface area contributed by atoms with Gasteiger partial charge in [0.15, 0.2) is 0 Å². The molecule has 45 heavy (non-hydrogen) atoms. The van der Waals surface area contributed by atoms with Gasteiger partial charge in [0.1, 0.15) is 0 Å². The average Bonchev–Trinajstić information content (AvgIpc) is 3.04. The highest BCUT2D eigenvalue weighted by molar-refractivity contribution is 5.76. The van der Waals surface area contributed by atoms with E-state index < -0.39 is 12.1 Å². The van der Waals surface area contributed by atoms with Gasteiger partial charge in [-0.05, 0) is 57.8 Å². The smallest absolute Gasteiger partial charge is 0.220 e. The molecule has 4 heteroatoms. The number of aliphatic hydroxyl groups is 2. The maximum atomic E-state index is 12.3. The number of allylic oxidation sites excluding steroid dienone is 5. The first kappa shape index (κ1) is 43.6. The number of carbonyl (C=O) groups excluding carboxylic acids is 1. The molecule has 0 bridgehead atoms. The molecule has 0 aliphatic rings. The topological polar surface area (TPSA) is 69.6 Å². The van der Waals surface area contributed by atoms with Gasteiger partial charge in [-0.2, -0.15) is 0 Å². The lowest BCUT2D eigenvalue weighted by Gasteiger charge is -2.19. The molecule has 0 aliphatic carbocycles. The molecule has 2 atom stereocenters. The van der Waals surface area contributed by atoms with Crippen molar-refractivity contribution in [2.24, 2.45) is 0 Å². The van der Waals surface area contributed by atoms with Crippen molar-refractivity contribution in [2.75, 3.05) is 6.61 Å². The van der Waals surface area contributed by atoms with E-state index in [9.17, 15) is 15.0 Å². The lowest BCUT2D eigenvalue weighted by molar-refractivity contribution is -0.123. The Bertz CT molecular complexity index is 686. The second kappa shape index (κ2) is 37.1. The number of aliphatic hydroxyl groups excluding tert-OH is 2. The predicted molar refractivity (Wildman–Crippen MR) is 198 cm³/mol. The lowest BCUT2D eigenvalue weighted by Crippen LogP contribution is -2.45. The minimum absolute atomic E-state index is 0.0795. The highest BCUT2D eigenvalue weighted by Crippen LogP contribution is 2.13. The van der Waals surface area contributed by atoms with Gasteiger partial charge in [0.2, 0.25) is 5.91 Å². The van der Waals surface area contributed by atoms with Gasteiger partial charge in [0.05, 0.1) is 18.8 Å². The Labute approximate surface area is 281 Å². The summed E-state index contributed by atoms with van der Waals surface area (Å²) in [5, 5.41) is 22.9. The predicted octanol–water partition coefficient (Wildman–Crippen LogP) is 11.8. The van der Waals surface area contributed by atoms with E-state index in [1.807, 2.05) is 6.08 Å². The zero-order chi connectivity index (χ0) is 32.9. The molecule has 0 aromatic heterocycles. The summed E-state index contributed by atoms with van der Waals surface area (Å²) in [6.07, 6.45) is 48.1. The van der Waals surface area contributed by atoms with Crippen LogP contribution >= 0.6 is 0 Å². The Balaban J connectivity index is 3.64. The zero-order valence-corrected chi connectivity index (χ0v) is 30.1. The first-order valence-electron chi connectivity index (χ1n) is 19.7. The first-order chi connectivity index (χ1) is 22.2. The molecular formula is C41H77NO3. The van der Waals surface area contributed by atoms with Gasteiger partial charge in [-0.1, -0.05) is 172 Å². The van der Waals surface area contributed by atoms with E-state index in [0.717, 1.165) is 32.1 Å². The molecule has 0 aromatic rings. The molecule has 0 rings (SSSR count). The van der Waals surface area contributed by atoms with E-state index in [0.29, 0.717) is 6.42 Å². The second-order valence-corrected chi connectivity index (χ2v) is 13.3. The fourth-order valence-electron chi connectivity index (χ4n) is 5.78. The van der Waals surface area contributed by atoms with Crippen molar-refractivity contribution in [3.63, 3.8) is 0 Å². The van der Waals surface area contributed by atoms with Crippen molar-refractivity contribution in [3.05, 3.63) is 36.5 Å². The van der Waals surface area contributed by atoms with Gasteiger partial charge in [-0.25, -0.2) is 0 Å². The molecule has 0 saturated carbocycles. The van der Waals surface area contributed by atoms with E-state index in [2.05, 4.69) is 43.5 Å². The van der Waals surface area contributed by atoms with Crippen LogP contribution in [0.1, 0.15) is 200 Å². The number of rotatable bonds is 35. The van der Waals surface area contributed by atoms with Crippen LogP contribution in [0.15, 0.2) is 36.5 Å². The molecule has 0 spiro atoms. The third-order valence-corrected chi connectivity index (χ3v) is 8.85. The summed E-state index contributed by atoms with van der Waals surface area (Å²) >= 11 is 0. The summed E-state index contributed by atoms with van der Waals surface area (Å²) in [7, 11) is 0. The summed E-state index contributed by atoms with van der Waals surface area (Å²) in [6.45, 7) is 4.28. The van der Waals surface area contributed by atoms with Crippen molar-refractivity contribution in [3.8, 4) is 0 Å². The molecule has 0 fully saturated rings. The highest BCUT2D eigenvalue weighted by Gasteiger charge is 2.17. The van der Waals surface area contributed by atoms with Crippen molar-refractivity contribution in [1.82, 2.24) is 5.32 Å². The molecule has 1 amide bonds. The Kier molecular flexibility index (Phi) is 35.9. The van der Waals surface area contributed by atoms with Crippen LogP contribution in [-0.2, 0) is 4.79 Å². The fraction of sp³-hybridized carbons (Fsp3) is 0.829. The molecule has 0 aromatic carbocycles. The standard InChI is InChI=1S/C41H77NO3/c1-3-5-7-9-11-13-15-17-19-20-21-22-23-25-27-29-31-33-35-37-41(45)42-39(38-43)40(44)36-34-32-30-28-26-24-18-16-14-12-10-8-6-4-2/h20-21,26,28,34,36,39-40,43-44H,3-19,22-25,27,29-33,35,37-38H2,1-2H3,(H,42,45)/b21-20-,28-26+,36-34+. The molecule has 2 unspecified atom stereocenters. The maximum Gasteiger partial charge on any atom is 0.220 e. The third kappa shape index (κ3) is 33.8. The molecule has 0 heterocycles. The van der Waals surface area contributed by atoms with Crippen molar-refractivity contribution in [2.45, 2.75) is 212 Å². The quantitative estimate of drug-likeness (QED) is 0.0481. The van der Waals surface area contributed by atoms with E-state index in [-0.39, 0.29) is 12.5 Å². The van der Waals surface area contributed by atoms with Gasteiger partial charge >= 0.3 is 0 Å². The van der Waals surface area contributed by atoms with Gasteiger partial charge in [-0.15, -0.1) is 0 Å². The Morgan fingerprint density at radius 2 is 0.867 bits per heavy atom. The van der Waals surface area contributed by atoms with E-state index in [1.165, 1.54) is 148 Å². The average molecular weight is 632 g/mol. The lowest BCUT2D eigenvalue weighted by atomic mass is 10.1. The minimum atomic E-state index is -0.861. The van der Waals surface area contributed by atoms with Crippen LogP contribution in [0.25, 0.3) is 0 Å². The molecule has 3 N–H and O–H groups in total. The third-order valence-electron chi connectivity index (χ3n) is 8.85. The number of hydrogen-bond acceptors (Lipinski definition) is 3. The van der Waals surface area contributed by atoms with E-state index in [1.54, 1.807) is 6.08 Å². The minimum Gasteiger partial charge on any atom is -0.394 e. The summed E-state index contributed by atoms with van der Waals surface area (Å²) < 4.78 is 0. The summed E-state index contributed by atoms with van der Waals surface area (Å²) in [4.78, 5) is 12.3. The van der Waals surface area contributed by atoms with Crippen molar-refractivity contribution in [1.29, 1.82) is 0 Å². The number of unbranched alkanes of at least 4 members (excludes halogenated alkanes) is 24. The van der Waals surface area contributed by atoms with Crippen molar-refractivity contribution < 1.29 is 15.0 Å². The monoisotopic (exact) mass is 632 g/mol. The maximum absolute atomic E-state index is 12.3. The highest BCUT2D eigenvalue weighted by atomic mass is 16.3. The van der Waals surface area contributed by atoms with Crippen LogP contribution < -0.4 is 5.32 Å². The number of hydrogen-bond donors (Lipinski definition) is 3. The van der Waals surface area contributed by atoms with Gasteiger partial charge < -0.3 is 15.5 Å². The Hall–Kier alpha value is -1.39. The summed E-state index contributed by atoms with van der Waals surface area (Å²) in [6, 6.07) is -0.638. The summed E-state index contributed by atoms with van der Waals surface area (Å²) in [5.41, 5.74) is 0. The van der Waals surface area contributed by atoms with Crippen LogP contribution in [0.5, 0.6) is 0 Å². The second-order valence-electron chi connectivity index (χ2n) is 13.3. The van der Waals surface area contributed by atoms with Crippen LogP contribution in [0, 0.1) is 0 Å². The molecule has 0 saturated heterocycles. The van der Waals surface area contributed by atoms with Crippen LogP contribution in [0.2, 0.25) is 0 Å². The molecular weight excluding hydrogens is 554 g/mol. The summed E-state index contributed by atoms with van der Waals surface area (Å²) in [5.74, 6) is -0.0795. The van der Waals surface area contributed by atoms with Crippen LogP contribution in [0.4, 0.5) is 0 Å². The molecule has 0 radical (unpaired) electrons. The Morgan fingerprint density at radius 3 is 1.29 bits per heavy atom. The molecule has 264 valence electrons. The Morgan fingerprint density at radius 1 is 0.511 bits per heavy atom. The number of amides is 1. The largest absolute Gasteiger partial charge is 0.394 e. The first-order valence-corrected chi connectivity index (χ1v) is 19.7. The fourth-order valence-corrected chi connectivity index (χ4v) is 5.78. The number of carbonyl (C=O) groups is 1. The molecule has 4 nitrogen and oxygen atoms in total. The van der Waals surface area contributed by atoms with Gasteiger partial charge in [-0.3, -0.25) is 4.79 Å². The van der Waals surface area contributed by atoms with Gasteiger partial charge in [0.25, 0.3) is 0 Å².